The monoisotopic (exact) mass is 817 g/mol. The molecule has 5 rings (SSSR count). The van der Waals surface area contributed by atoms with Crippen LogP contribution < -0.4 is 20.7 Å². The number of nitrogens with zero attached hydrogens (tertiary/aromatic N) is 1. The Kier molecular flexibility index (Phi) is 13.6. The number of benzene rings is 2. The summed E-state index contributed by atoms with van der Waals surface area (Å²) in [5.41, 5.74) is -0.337. The van der Waals surface area contributed by atoms with E-state index in [9.17, 15) is 32.4 Å². The average Bonchev–Trinajstić information content (AvgIpc) is 3.62. The zero-order valence-corrected chi connectivity index (χ0v) is 34.0. The number of hydrogen-bond acceptors (Lipinski definition) is 10. The van der Waals surface area contributed by atoms with Gasteiger partial charge in [-0.2, -0.15) is 0 Å². The molecule has 0 unspecified atom stereocenters. The van der Waals surface area contributed by atoms with Crippen LogP contribution in [0.1, 0.15) is 89.3 Å². The molecule has 1 saturated heterocycles. The van der Waals surface area contributed by atoms with Gasteiger partial charge in [0, 0.05) is 37.6 Å². The molecular weight excluding hydrogens is 766 g/mol. The Labute approximate surface area is 332 Å². The number of carbonyl (C=O) groups is 5. The molecule has 56 heavy (non-hydrogen) atoms. The average molecular weight is 818 g/mol. The van der Waals surface area contributed by atoms with Gasteiger partial charge >= 0.3 is 12.2 Å². The predicted molar refractivity (Wildman–Crippen MR) is 206 cm³/mol. The third-order valence-electron chi connectivity index (χ3n) is 10.2. The van der Waals surface area contributed by atoms with Crippen LogP contribution in [-0.2, 0) is 51.7 Å². The van der Waals surface area contributed by atoms with E-state index in [2.05, 4.69) is 20.7 Å². The highest BCUT2D eigenvalue weighted by atomic mass is 35.5. The van der Waals surface area contributed by atoms with Crippen molar-refractivity contribution < 1.29 is 46.6 Å². The van der Waals surface area contributed by atoms with E-state index in [-0.39, 0.29) is 50.3 Å². The molecule has 2 aromatic carbocycles. The Balaban J connectivity index is 1.41. The summed E-state index contributed by atoms with van der Waals surface area (Å²) < 4.78 is 46.1. The first-order chi connectivity index (χ1) is 26.4. The fraction of sp³-hybridized carbons (Fsp3) is 0.564. The Hall–Kier alpha value is -4.41. The summed E-state index contributed by atoms with van der Waals surface area (Å²) >= 11 is 6.36. The number of carbonyl (C=O) groups excluding carboxylic acids is 5. The molecule has 5 atom stereocenters. The minimum absolute atomic E-state index is 0.0510. The predicted octanol–water partition coefficient (Wildman–Crippen LogP) is 4.62. The quantitative estimate of drug-likeness (QED) is 0.292. The van der Waals surface area contributed by atoms with Crippen molar-refractivity contribution in [3.05, 3.63) is 64.2 Å². The second kappa shape index (κ2) is 17.8. The van der Waals surface area contributed by atoms with Crippen LogP contribution in [0.3, 0.4) is 0 Å². The Morgan fingerprint density at radius 3 is 2.48 bits per heavy atom. The minimum atomic E-state index is -4.32. The van der Waals surface area contributed by atoms with E-state index in [4.69, 9.17) is 25.8 Å². The van der Waals surface area contributed by atoms with Crippen molar-refractivity contribution in [2.24, 2.45) is 5.92 Å². The highest BCUT2D eigenvalue weighted by Crippen LogP contribution is 2.47. The van der Waals surface area contributed by atoms with Gasteiger partial charge in [-0.05, 0) is 88.1 Å². The molecule has 0 radical (unpaired) electrons. The zero-order valence-electron chi connectivity index (χ0n) is 32.4. The van der Waals surface area contributed by atoms with E-state index in [0.717, 1.165) is 11.1 Å². The maximum absolute atomic E-state index is 14.4. The number of hydrogen-bond donors (Lipinski definition) is 4. The normalized spacial score (nSPS) is 23.8. The van der Waals surface area contributed by atoms with Gasteiger partial charge in [-0.3, -0.25) is 19.3 Å². The number of nitrogens with one attached hydrogen (secondary N) is 4. The number of sulfonamides is 1. The standard InChI is InChI=1S/C39H52ClN5O10S/c1-6-27(54-37(50)45-22-25-13-11-15-29(40)28(25)23-45)20-31-34(47)43-39(35(48)44-56(51,52)32-16-8-7-12-24(32)2)21-26(39)14-9-10-18-53-19-17-30(33(46)41-31)42-36(49)55-38(3,4)5/h7-8,11-13,15-16,26-27,30-31H,6,9-10,14,17-23H2,1-5H3,(H,41,46)(H,42,49)(H,43,47)(H,44,48)/t26-,27+,30+,31+,39-/m1/s1. The molecule has 15 nitrogen and oxygen atoms in total. The molecule has 0 bridgehead atoms. The van der Waals surface area contributed by atoms with Gasteiger partial charge in [-0.15, -0.1) is 0 Å². The molecule has 0 aromatic heterocycles. The van der Waals surface area contributed by atoms with Crippen molar-refractivity contribution in [2.45, 2.75) is 127 Å². The summed E-state index contributed by atoms with van der Waals surface area (Å²) in [6, 6.07) is 9.06. The van der Waals surface area contributed by atoms with Crippen molar-refractivity contribution in [2.75, 3.05) is 13.2 Å². The number of halogens is 1. The number of rotatable bonds is 8. The molecule has 5 amide bonds. The molecule has 306 valence electrons. The van der Waals surface area contributed by atoms with Crippen LogP contribution in [0, 0.1) is 12.8 Å². The van der Waals surface area contributed by atoms with E-state index < -0.39 is 75.2 Å². The first kappa shape index (κ1) is 42.7. The maximum atomic E-state index is 14.4. The molecule has 2 aliphatic heterocycles. The minimum Gasteiger partial charge on any atom is -0.446 e. The Morgan fingerprint density at radius 2 is 1.79 bits per heavy atom. The lowest BCUT2D eigenvalue weighted by Crippen LogP contribution is -2.59. The number of ether oxygens (including phenoxy) is 3. The van der Waals surface area contributed by atoms with Gasteiger partial charge in [-0.25, -0.2) is 22.7 Å². The third-order valence-corrected chi connectivity index (χ3v) is 12.0. The fourth-order valence-corrected chi connectivity index (χ4v) is 8.55. The van der Waals surface area contributed by atoms with Crippen LogP contribution in [0.15, 0.2) is 47.4 Å². The lowest BCUT2D eigenvalue weighted by Gasteiger charge is -2.29. The second-order valence-electron chi connectivity index (χ2n) is 15.6. The second-order valence-corrected chi connectivity index (χ2v) is 17.7. The van der Waals surface area contributed by atoms with E-state index >= 15 is 0 Å². The lowest BCUT2D eigenvalue weighted by molar-refractivity contribution is -0.134. The molecule has 3 aliphatic rings. The van der Waals surface area contributed by atoms with Crippen molar-refractivity contribution >= 4 is 51.5 Å². The maximum Gasteiger partial charge on any atom is 0.410 e. The summed E-state index contributed by atoms with van der Waals surface area (Å²) in [5, 5.41) is 8.61. The number of alkyl carbamates (subject to hydrolysis) is 1. The fourth-order valence-electron chi connectivity index (χ4n) is 7.01. The molecule has 4 N–H and O–H groups in total. The summed E-state index contributed by atoms with van der Waals surface area (Å²) in [6.07, 6.45) is -0.438. The molecule has 2 fully saturated rings. The van der Waals surface area contributed by atoms with Crippen molar-refractivity contribution in [1.82, 2.24) is 25.6 Å². The van der Waals surface area contributed by atoms with Gasteiger partial charge in [0.2, 0.25) is 11.8 Å². The summed E-state index contributed by atoms with van der Waals surface area (Å²) in [7, 11) is -4.32. The van der Waals surface area contributed by atoms with Crippen LogP contribution in [0.4, 0.5) is 9.59 Å². The van der Waals surface area contributed by atoms with Gasteiger partial charge in [0.15, 0.2) is 0 Å². The van der Waals surface area contributed by atoms with E-state index in [1.54, 1.807) is 65.0 Å². The summed E-state index contributed by atoms with van der Waals surface area (Å²) in [4.78, 5) is 70.0. The van der Waals surface area contributed by atoms with Gasteiger partial charge < -0.3 is 30.2 Å². The Morgan fingerprint density at radius 1 is 1.04 bits per heavy atom. The van der Waals surface area contributed by atoms with Gasteiger partial charge in [-0.1, -0.05) is 55.3 Å². The molecule has 0 spiro atoms. The van der Waals surface area contributed by atoms with Gasteiger partial charge in [0.25, 0.3) is 15.9 Å². The number of fused-ring (bicyclic) bond motifs is 2. The van der Waals surface area contributed by atoms with Crippen LogP contribution in [0.2, 0.25) is 5.02 Å². The summed E-state index contributed by atoms with van der Waals surface area (Å²) in [5.74, 6) is -2.85. The Bertz CT molecular complexity index is 1920. The SMILES string of the molecule is CC[C@@H](C[C@@H]1NC(=O)[C@@H](NC(=O)OC(C)(C)C)CCOCCCC[C@@H]2C[C@@]2(C(=O)NS(=O)(=O)c2ccccc2C)NC1=O)OC(=O)N1Cc2cccc(Cl)c2C1. The molecule has 2 aromatic rings. The van der Waals surface area contributed by atoms with E-state index in [1.807, 2.05) is 6.07 Å². The van der Waals surface area contributed by atoms with E-state index in [1.165, 1.54) is 11.0 Å². The molecular formula is C39H52ClN5O10S. The molecule has 2 heterocycles. The van der Waals surface area contributed by atoms with Crippen molar-refractivity contribution in [3.8, 4) is 0 Å². The number of amides is 5. The summed E-state index contributed by atoms with van der Waals surface area (Å²) in [6.45, 7) is 9.35. The van der Waals surface area contributed by atoms with Crippen LogP contribution in [0.25, 0.3) is 0 Å². The largest absolute Gasteiger partial charge is 0.446 e. The van der Waals surface area contributed by atoms with Gasteiger partial charge in [0.1, 0.15) is 29.3 Å². The molecule has 1 aliphatic carbocycles. The highest BCUT2D eigenvalue weighted by molar-refractivity contribution is 7.90. The molecule has 17 heteroatoms. The lowest BCUT2D eigenvalue weighted by atomic mass is 10.0. The smallest absolute Gasteiger partial charge is 0.410 e. The van der Waals surface area contributed by atoms with Crippen molar-refractivity contribution in [1.29, 1.82) is 0 Å². The molecule has 1 saturated carbocycles. The van der Waals surface area contributed by atoms with Crippen LogP contribution in [-0.4, -0.2) is 85.8 Å². The van der Waals surface area contributed by atoms with Crippen molar-refractivity contribution in [3.63, 3.8) is 0 Å². The number of aryl methyl sites for hydroxylation is 1. The highest BCUT2D eigenvalue weighted by Gasteiger charge is 2.61. The van der Waals surface area contributed by atoms with Gasteiger partial charge in [0.05, 0.1) is 11.4 Å². The van der Waals surface area contributed by atoms with E-state index in [0.29, 0.717) is 36.5 Å². The van der Waals surface area contributed by atoms with Crippen LogP contribution in [0.5, 0.6) is 0 Å². The first-order valence-corrected chi connectivity index (χ1v) is 20.8. The van der Waals surface area contributed by atoms with Crippen LogP contribution >= 0.6 is 11.6 Å². The zero-order chi connectivity index (χ0) is 40.8. The first-order valence-electron chi connectivity index (χ1n) is 19.0. The topological polar surface area (TPSA) is 199 Å². The third kappa shape index (κ3) is 10.7.